The largest absolute Gasteiger partial charge is 0.493 e. The lowest BCUT2D eigenvalue weighted by Crippen LogP contribution is -2.35. The van der Waals surface area contributed by atoms with Gasteiger partial charge >= 0.3 is 0 Å². The molecule has 2 fully saturated rings. The first-order valence-electron chi connectivity index (χ1n) is 13.2. The van der Waals surface area contributed by atoms with Crippen LogP contribution in [0.15, 0.2) is 27.9 Å². The molecule has 0 radical (unpaired) electrons. The minimum absolute atomic E-state index is 0.116. The number of hydrogen-bond donors (Lipinski definition) is 0. The lowest BCUT2D eigenvalue weighted by molar-refractivity contribution is -0.122. The van der Waals surface area contributed by atoms with Crippen LogP contribution in [0.1, 0.15) is 54.9 Å². The third-order valence-corrected chi connectivity index (χ3v) is 8.67. The summed E-state index contributed by atoms with van der Waals surface area (Å²) >= 11 is 6.87. The van der Waals surface area contributed by atoms with Crippen molar-refractivity contribution < 1.29 is 14.3 Å². The molecule has 2 aliphatic heterocycles. The van der Waals surface area contributed by atoms with E-state index in [0.717, 1.165) is 55.7 Å². The van der Waals surface area contributed by atoms with E-state index in [-0.39, 0.29) is 17.0 Å². The van der Waals surface area contributed by atoms with Crippen LogP contribution in [0.5, 0.6) is 11.5 Å². The zero-order valence-electron chi connectivity index (χ0n) is 22.9. The first-order chi connectivity index (χ1) is 18.8. The van der Waals surface area contributed by atoms with Gasteiger partial charge in [0.25, 0.3) is 11.5 Å². The van der Waals surface area contributed by atoms with Gasteiger partial charge in [-0.05, 0) is 62.4 Å². The van der Waals surface area contributed by atoms with E-state index in [1.54, 1.807) is 30.6 Å². The average Bonchev–Trinajstić information content (AvgIpc) is 3.10. The fraction of sp³-hybridized carbons (Fsp3) is 0.448. The van der Waals surface area contributed by atoms with Crippen LogP contribution < -0.4 is 19.9 Å². The number of anilines is 1. The van der Waals surface area contributed by atoms with Crippen LogP contribution in [-0.4, -0.2) is 53.5 Å². The van der Waals surface area contributed by atoms with Gasteiger partial charge in [-0.2, -0.15) is 5.26 Å². The number of ether oxygens (including phenoxy) is 2. The molecule has 0 unspecified atom stereocenters. The maximum atomic E-state index is 13.6. The Morgan fingerprint density at radius 2 is 1.79 bits per heavy atom. The lowest BCUT2D eigenvalue weighted by atomic mass is 10.0. The number of nitriles is 1. The maximum Gasteiger partial charge on any atom is 0.270 e. The molecule has 1 aromatic carbocycles. The molecule has 39 heavy (non-hydrogen) atoms. The molecule has 0 atom stereocenters. The van der Waals surface area contributed by atoms with Gasteiger partial charge in [0.1, 0.15) is 21.8 Å². The second kappa shape index (κ2) is 12.7. The van der Waals surface area contributed by atoms with Crippen molar-refractivity contribution in [3.05, 3.63) is 55.7 Å². The van der Waals surface area contributed by atoms with E-state index in [9.17, 15) is 14.9 Å². The molecule has 0 aliphatic carbocycles. The first kappa shape index (κ1) is 28.7. The number of rotatable bonds is 8. The van der Waals surface area contributed by atoms with E-state index >= 15 is 0 Å². The summed E-state index contributed by atoms with van der Waals surface area (Å²) in [6, 6.07) is 7.80. The Kier molecular flexibility index (Phi) is 9.36. The molecule has 0 saturated carbocycles. The summed E-state index contributed by atoms with van der Waals surface area (Å²) < 4.78 is 12.9. The van der Waals surface area contributed by atoms with Crippen LogP contribution in [0, 0.1) is 18.3 Å². The van der Waals surface area contributed by atoms with Crippen LogP contribution in [0.3, 0.4) is 0 Å². The van der Waals surface area contributed by atoms with Crippen molar-refractivity contribution >= 4 is 46.1 Å². The minimum Gasteiger partial charge on any atom is -0.493 e. The molecule has 0 N–H and O–H groups in total. The van der Waals surface area contributed by atoms with Gasteiger partial charge < -0.3 is 14.4 Å². The lowest BCUT2D eigenvalue weighted by Gasteiger charge is -2.29. The molecule has 0 spiro atoms. The number of carbonyl (C=O) groups is 1. The molecule has 2 saturated heterocycles. The second-order valence-electron chi connectivity index (χ2n) is 9.57. The van der Waals surface area contributed by atoms with Crippen LogP contribution in [0.2, 0.25) is 0 Å². The van der Waals surface area contributed by atoms with E-state index in [1.807, 2.05) is 31.2 Å². The highest BCUT2D eigenvalue weighted by molar-refractivity contribution is 8.26. The van der Waals surface area contributed by atoms with Crippen molar-refractivity contribution in [2.24, 2.45) is 0 Å². The van der Waals surface area contributed by atoms with Gasteiger partial charge in [-0.1, -0.05) is 42.9 Å². The van der Waals surface area contributed by atoms with Gasteiger partial charge in [-0.3, -0.25) is 19.1 Å². The summed E-state index contributed by atoms with van der Waals surface area (Å²) in [6.07, 6.45) is 6.80. The highest BCUT2D eigenvalue weighted by atomic mass is 32.2. The standard InChI is InChI=1S/C29H34N4O4S2/c1-5-32-26(31-13-8-6-7-9-14-31)21(19(2)22(18-30)27(32)34)17-25-28(35)33(29(38)39-25)15-12-20-10-11-23(36-3)24(16-20)37-4/h10-11,16-17H,5-9,12-15H2,1-4H3. The van der Waals surface area contributed by atoms with E-state index < -0.39 is 0 Å². The molecule has 4 rings (SSSR count). The molecule has 10 heteroatoms. The predicted molar refractivity (Wildman–Crippen MR) is 160 cm³/mol. The zero-order valence-corrected chi connectivity index (χ0v) is 24.5. The molecule has 1 aromatic heterocycles. The summed E-state index contributed by atoms with van der Waals surface area (Å²) in [5, 5.41) is 9.82. The summed E-state index contributed by atoms with van der Waals surface area (Å²) in [6.45, 7) is 6.23. The number of benzene rings is 1. The highest BCUT2D eigenvalue weighted by Gasteiger charge is 2.33. The Labute approximate surface area is 239 Å². The van der Waals surface area contributed by atoms with E-state index in [2.05, 4.69) is 11.0 Å². The van der Waals surface area contributed by atoms with Crippen LogP contribution in [0.25, 0.3) is 6.08 Å². The van der Waals surface area contributed by atoms with Gasteiger partial charge in [0, 0.05) is 31.7 Å². The summed E-state index contributed by atoms with van der Waals surface area (Å²) in [5.74, 6) is 1.91. The van der Waals surface area contributed by atoms with Crippen LogP contribution in [-0.2, 0) is 17.8 Å². The summed E-state index contributed by atoms with van der Waals surface area (Å²) in [4.78, 5) is 31.2. The molecule has 206 valence electrons. The Morgan fingerprint density at radius 1 is 1.10 bits per heavy atom. The monoisotopic (exact) mass is 566 g/mol. The van der Waals surface area contributed by atoms with Gasteiger partial charge in [-0.15, -0.1) is 0 Å². The van der Waals surface area contributed by atoms with E-state index in [4.69, 9.17) is 21.7 Å². The zero-order chi connectivity index (χ0) is 28.1. The SMILES string of the molecule is CCn1c(N2CCCCCC2)c(C=C2SC(=S)N(CCc3ccc(OC)c(OC)c3)C2=O)c(C)c(C#N)c1=O. The predicted octanol–water partition coefficient (Wildman–Crippen LogP) is 4.89. The molecule has 2 aliphatic rings. The van der Waals surface area contributed by atoms with Crippen LogP contribution >= 0.6 is 24.0 Å². The molecular formula is C29H34N4O4S2. The Morgan fingerprint density at radius 3 is 2.41 bits per heavy atom. The molecule has 1 amide bonds. The number of methoxy groups -OCH3 is 2. The van der Waals surface area contributed by atoms with E-state index in [0.29, 0.717) is 45.8 Å². The minimum atomic E-state index is -0.281. The number of thiocarbonyl (C=S) groups is 1. The third-order valence-electron chi connectivity index (χ3n) is 7.29. The number of pyridine rings is 1. The van der Waals surface area contributed by atoms with Crippen molar-refractivity contribution in [2.45, 2.75) is 52.5 Å². The highest BCUT2D eigenvalue weighted by Crippen LogP contribution is 2.37. The Bertz CT molecular complexity index is 1400. The smallest absolute Gasteiger partial charge is 0.270 e. The summed E-state index contributed by atoms with van der Waals surface area (Å²) in [7, 11) is 3.19. The Balaban J connectivity index is 1.69. The van der Waals surface area contributed by atoms with Gasteiger partial charge in [0.05, 0.1) is 19.1 Å². The quantitative estimate of drug-likeness (QED) is 0.330. The average molecular weight is 567 g/mol. The molecule has 8 nitrogen and oxygen atoms in total. The fourth-order valence-electron chi connectivity index (χ4n) is 5.16. The number of aromatic nitrogens is 1. The fourth-order valence-corrected chi connectivity index (χ4v) is 6.45. The molecular weight excluding hydrogens is 532 g/mol. The van der Waals surface area contributed by atoms with Gasteiger partial charge in [-0.25, -0.2) is 0 Å². The van der Waals surface area contributed by atoms with Crippen LogP contribution in [0.4, 0.5) is 5.82 Å². The van der Waals surface area contributed by atoms with Gasteiger partial charge in [0.15, 0.2) is 11.5 Å². The first-order valence-corrected chi connectivity index (χ1v) is 14.5. The number of carbonyl (C=O) groups excluding carboxylic acids is 1. The van der Waals surface area contributed by atoms with Crippen molar-refractivity contribution in [3.8, 4) is 17.6 Å². The molecule has 0 bridgehead atoms. The number of nitrogens with zero attached hydrogens (tertiary/aromatic N) is 4. The number of amides is 1. The van der Waals surface area contributed by atoms with E-state index in [1.165, 1.54) is 11.8 Å². The van der Waals surface area contributed by atoms with Crippen molar-refractivity contribution in [2.75, 3.05) is 38.8 Å². The van der Waals surface area contributed by atoms with Crippen molar-refractivity contribution in [1.82, 2.24) is 9.47 Å². The normalized spacial score (nSPS) is 16.9. The molecule has 2 aromatic rings. The van der Waals surface area contributed by atoms with Crippen molar-refractivity contribution in [3.63, 3.8) is 0 Å². The summed E-state index contributed by atoms with van der Waals surface area (Å²) in [5.41, 5.74) is 2.18. The number of hydrogen-bond acceptors (Lipinski definition) is 8. The van der Waals surface area contributed by atoms with Crippen molar-refractivity contribution in [1.29, 1.82) is 5.26 Å². The number of thioether (sulfide) groups is 1. The molecule has 3 heterocycles. The topological polar surface area (TPSA) is 87.8 Å². The van der Waals surface area contributed by atoms with Gasteiger partial charge in [0.2, 0.25) is 0 Å². The second-order valence-corrected chi connectivity index (χ2v) is 11.2. The third kappa shape index (κ3) is 5.85. The Hall–Kier alpha value is -3.29. The maximum absolute atomic E-state index is 13.6.